The molecule has 0 aromatic heterocycles. The largest absolute Gasteiger partial charge is 0.494 e. The van der Waals surface area contributed by atoms with Gasteiger partial charge in [0.15, 0.2) is 0 Å². The van der Waals surface area contributed by atoms with Crippen LogP contribution >= 0.6 is 0 Å². The molecule has 0 unspecified atom stereocenters. The van der Waals surface area contributed by atoms with E-state index in [0.29, 0.717) is 41.7 Å². The molecule has 0 aliphatic rings. The number of aryl methyl sites for hydroxylation is 3. The van der Waals surface area contributed by atoms with Crippen LogP contribution in [0.15, 0.2) is 152 Å². The van der Waals surface area contributed by atoms with Crippen molar-refractivity contribution in [3.05, 3.63) is 149 Å². The second-order valence-electron chi connectivity index (χ2n) is 15.3. The first-order valence-corrected chi connectivity index (χ1v) is 21.7. The van der Waals surface area contributed by atoms with Crippen molar-refractivity contribution in [1.29, 1.82) is 0 Å². The van der Waals surface area contributed by atoms with Gasteiger partial charge in [0.1, 0.15) is 47.6 Å². The Balaban J connectivity index is 0.987. The highest BCUT2D eigenvalue weighted by molar-refractivity contribution is 5.63. The summed E-state index contributed by atoms with van der Waals surface area (Å²) in [5.41, 5.74) is 9.02. The van der Waals surface area contributed by atoms with Gasteiger partial charge < -0.3 is 23.7 Å². The summed E-state index contributed by atoms with van der Waals surface area (Å²) in [6.07, 6.45) is 6.86. The minimum atomic E-state index is 0.453. The molecule has 0 heterocycles. The van der Waals surface area contributed by atoms with Crippen molar-refractivity contribution < 1.29 is 23.7 Å². The van der Waals surface area contributed by atoms with Crippen molar-refractivity contribution in [1.82, 2.24) is 0 Å². The first kappa shape index (κ1) is 45.6. The molecule has 6 aromatic rings. The molecule has 0 amide bonds. The fourth-order valence-electron chi connectivity index (χ4n) is 6.37. The number of azo groups is 3. The summed E-state index contributed by atoms with van der Waals surface area (Å²) in [5.74, 6) is 3.83. The van der Waals surface area contributed by atoms with Gasteiger partial charge in [-0.15, -0.1) is 5.11 Å². The maximum atomic E-state index is 6.07. The van der Waals surface area contributed by atoms with Gasteiger partial charge in [-0.3, -0.25) is 0 Å². The molecule has 0 saturated carbocycles. The first-order valence-electron chi connectivity index (χ1n) is 21.7. The molecule has 0 saturated heterocycles. The number of methoxy groups -OCH3 is 1. The van der Waals surface area contributed by atoms with Gasteiger partial charge in [0.25, 0.3) is 0 Å². The van der Waals surface area contributed by atoms with Gasteiger partial charge in [-0.1, -0.05) is 63.8 Å². The zero-order valence-electron chi connectivity index (χ0n) is 37.3. The van der Waals surface area contributed by atoms with E-state index in [9.17, 15) is 0 Å². The van der Waals surface area contributed by atoms with Gasteiger partial charge in [0.05, 0.1) is 48.8 Å². The smallest absolute Gasteiger partial charge is 0.148 e. The molecule has 6 aromatic carbocycles. The Hall–Kier alpha value is -6.88. The average molecular weight is 847 g/mol. The van der Waals surface area contributed by atoms with Crippen LogP contribution in [0.1, 0.15) is 80.2 Å². The Morgan fingerprint density at radius 3 is 1.24 bits per heavy atom. The summed E-state index contributed by atoms with van der Waals surface area (Å²) in [5, 5.41) is 26.9. The highest BCUT2D eigenvalue weighted by Crippen LogP contribution is 2.37. The predicted octanol–water partition coefficient (Wildman–Crippen LogP) is 16.2. The molecule has 63 heavy (non-hydrogen) atoms. The van der Waals surface area contributed by atoms with Gasteiger partial charge in [0, 0.05) is 6.07 Å². The number of hydrogen-bond acceptors (Lipinski definition) is 11. The van der Waals surface area contributed by atoms with Crippen LogP contribution in [0.4, 0.5) is 34.1 Å². The zero-order chi connectivity index (χ0) is 44.2. The van der Waals surface area contributed by atoms with Crippen LogP contribution in [-0.4, -0.2) is 20.3 Å². The molecule has 0 bridgehead atoms. The highest BCUT2D eigenvalue weighted by Gasteiger charge is 2.10. The summed E-state index contributed by atoms with van der Waals surface area (Å²) in [4.78, 5) is 0. The molecule has 0 fully saturated rings. The predicted molar refractivity (Wildman–Crippen MR) is 251 cm³/mol. The molecular formula is C52H58N6O5. The van der Waals surface area contributed by atoms with Crippen molar-refractivity contribution >= 4 is 34.1 Å². The summed E-state index contributed by atoms with van der Waals surface area (Å²) >= 11 is 0. The van der Waals surface area contributed by atoms with Crippen molar-refractivity contribution in [3.8, 4) is 28.7 Å². The Morgan fingerprint density at radius 1 is 0.381 bits per heavy atom. The molecule has 0 radical (unpaired) electrons. The normalized spacial score (nSPS) is 11.5. The fraction of sp³-hybridized carbons (Fsp3) is 0.308. The van der Waals surface area contributed by atoms with Crippen molar-refractivity contribution in [2.75, 3.05) is 20.3 Å². The SMILES string of the molecule is CCCCCOc1ccc(COc2ccc(N=Nc3ccc(N=Nc4cc(OC)c(N=Nc5ccc(OCc6ccc(OCCCCC)cc6)cc5C)cc4C)cc3)c(C)c2)cc1. The van der Waals surface area contributed by atoms with Gasteiger partial charge in [-0.25, -0.2) is 0 Å². The van der Waals surface area contributed by atoms with Crippen LogP contribution in [-0.2, 0) is 13.2 Å². The molecule has 0 N–H and O–H groups in total. The Labute approximate surface area is 371 Å². The summed E-state index contributed by atoms with van der Waals surface area (Å²) in [7, 11) is 1.60. The average Bonchev–Trinajstić information content (AvgIpc) is 3.30. The number of benzene rings is 6. The lowest BCUT2D eigenvalue weighted by Gasteiger charge is -2.10. The van der Waals surface area contributed by atoms with E-state index in [0.717, 1.165) is 88.2 Å². The van der Waals surface area contributed by atoms with E-state index in [1.807, 2.05) is 142 Å². The van der Waals surface area contributed by atoms with E-state index < -0.39 is 0 Å². The summed E-state index contributed by atoms with van der Waals surface area (Å²) < 4.78 is 29.4. The number of ether oxygens (including phenoxy) is 5. The van der Waals surface area contributed by atoms with E-state index in [4.69, 9.17) is 23.7 Å². The lowest BCUT2D eigenvalue weighted by molar-refractivity contribution is 0.301. The Morgan fingerprint density at radius 2 is 0.794 bits per heavy atom. The number of unbranched alkanes of at least 4 members (excludes halogenated alkanes) is 4. The molecule has 326 valence electrons. The zero-order valence-corrected chi connectivity index (χ0v) is 37.3. The minimum absolute atomic E-state index is 0.453. The Kier molecular flexibility index (Phi) is 17.3. The molecule has 0 aliphatic carbocycles. The van der Waals surface area contributed by atoms with Crippen LogP contribution in [0.3, 0.4) is 0 Å². The van der Waals surface area contributed by atoms with E-state index in [1.54, 1.807) is 7.11 Å². The molecular weight excluding hydrogens is 789 g/mol. The monoisotopic (exact) mass is 846 g/mol. The number of nitrogens with zero attached hydrogens (tertiary/aromatic N) is 6. The third-order valence-electron chi connectivity index (χ3n) is 10.2. The fourth-order valence-corrected chi connectivity index (χ4v) is 6.37. The highest BCUT2D eigenvalue weighted by atomic mass is 16.5. The lowest BCUT2D eigenvalue weighted by Crippen LogP contribution is -1.98. The first-order chi connectivity index (χ1) is 30.8. The summed E-state index contributed by atoms with van der Waals surface area (Å²) in [6.45, 7) is 12.7. The van der Waals surface area contributed by atoms with E-state index in [1.165, 1.54) is 25.7 Å². The molecule has 11 nitrogen and oxygen atoms in total. The number of hydrogen-bond donors (Lipinski definition) is 0. The van der Waals surface area contributed by atoms with Crippen LogP contribution in [0.25, 0.3) is 0 Å². The van der Waals surface area contributed by atoms with Crippen LogP contribution in [0.2, 0.25) is 0 Å². The minimum Gasteiger partial charge on any atom is -0.494 e. The third kappa shape index (κ3) is 14.3. The third-order valence-corrected chi connectivity index (χ3v) is 10.2. The van der Waals surface area contributed by atoms with Crippen molar-refractivity contribution in [2.45, 2.75) is 86.4 Å². The van der Waals surface area contributed by atoms with Crippen molar-refractivity contribution in [2.24, 2.45) is 30.7 Å². The van der Waals surface area contributed by atoms with E-state index in [-0.39, 0.29) is 0 Å². The molecule has 0 spiro atoms. The van der Waals surface area contributed by atoms with Crippen LogP contribution in [0.5, 0.6) is 28.7 Å². The van der Waals surface area contributed by atoms with E-state index in [2.05, 4.69) is 44.5 Å². The summed E-state index contributed by atoms with van der Waals surface area (Å²) in [6, 6.07) is 38.8. The van der Waals surface area contributed by atoms with Gasteiger partial charge in [0.2, 0.25) is 0 Å². The van der Waals surface area contributed by atoms with Crippen molar-refractivity contribution in [3.63, 3.8) is 0 Å². The quantitative estimate of drug-likeness (QED) is 0.0470. The number of rotatable bonds is 23. The standard InChI is InChI=1S/C52H58N6O5/c1-7-9-11-29-60-44-21-13-40(14-22-44)35-62-46-25-27-48(37(3)31-46)55-53-42-17-19-43(20-18-42)54-57-50-34-52(59-6)51(33-39(50)5)58-56-49-28-26-47(32-38(49)4)63-36-41-15-23-45(24-16-41)61-30-12-10-8-2/h13-28,31-34H,7-12,29-30,35-36H2,1-6H3. The topological polar surface area (TPSA) is 120 Å². The van der Waals surface area contributed by atoms with Gasteiger partial charge >= 0.3 is 0 Å². The van der Waals surface area contributed by atoms with Gasteiger partial charge in [-0.05, 0) is 152 Å². The molecule has 0 atom stereocenters. The second kappa shape index (κ2) is 23.9. The Bertz CT molecular complexity index is 2450. The van der Waals surface area contributed by atoms with Gasteiger partial charge in [-0.2, -0.15) is 25.6 Å². The maximum absolute atomic E-state index is 6.07. The molecule has 0 aliphatic heterocycles. The van der Waals surface area contributed by atoms with E-state index >= 15 is 0 Å². The van der Waals surface area contributed by atoms with Crippen LogP contribution < -0.4 is 23.7 Å². The van der Waals surface area contributed by atoms with Crippen LogP contribution in [0, 0.1) is 20.8 Å². The second-order valence-corrected chi connectivity index (χ2v) is 15.3. The molecule has 6 rings (SSSR count). The molecule has 11 heteroatoms. The maximum Gasteiger partial charge on any atom is 0.148 e. The lowest BCUT2D eigenvalue weighted by atomic mass is 10.1.